The monoisotopic (exact) mass is 450 g/mol. The smallest absolute Gasteiger partial charge is 0.417 e. The Bertz CT molecular complexity index is 1100. The molecule has 1 aliphatic heterocycles. The van der Waals surface area contributed by atoms with E-state index in [0.29, 0.717) is 41.4 Å². The van der Waals surface area contributed by atoms with Crippen LogP contribution in [0.1, 0.15) is 16.7 Å². The van der Waals surface area contributed by atoms with Crippen molar-refractivity contribution in [3.63, 3.8) is 0 Å². The fourth-order valence-corrected chi connectivity index (χ4v) is 3.61. The highest BCUT2D eigenvalue weighted by Crippen LogP contribution is 2.39. The summed E-state index contributed by atoms with van der Waals surface area (Å²) in [5.41, 5.74) is 0.662. The van der Waals surface area contributed by atoms with Crippen LogP contribution in [0, 0.1) is 11.6 Å². The van der Waals surface area contributed by atoms with Gasteiger partial charge in [-0.25, -0.2) is 8.78 Å². The summed E-state index contributed by atoms with van der Waals surface area (Å²) in [5.74, 6) is -0.371. The molecule has 0 unspecified atom stereocenters. The van der Waals surface area contributed by atoms with E-state index in [-0.39, 0.29) is 18.7 Å². The van der Waals surface area contributed by atoms with Gasteiger partial charge in [0.1, 0.15) is 18.2 Å². The molecule has 0 N–H and O–H groups in total. The van der Waals surface area contributed by atoms with Gasteiger partial charge in [-0.15, -0.1) is 0 Å². The minimum atomic E-state index is -4.48. The normalized spacial score (nSPS) is 14.4. The third-order valence-electron chi connectivity index (χ3n) is 5.23. The molecule has 3 aromatic rings. The van der Waals surface area contributed by atoms with Crippen molar-refractivity contribution < 1.29 is 31.4 Å². The molecular weight excluding hydrogens is 431 g/mol. The average molecular weight is 450 g/mol. The van der Waals surface area contributed by atoms with E-state index >= 15 is 0 Å². The minimum Gasteiger partial charge on any atom is -0.493 e. The van der Waals surface area contributed by atoms with Gasteiger partial charge >= 0.3 is 6.18 Å². The lowest BCUT2D eigenvalue weighted by atomic mass is 10.0. The van der Waals surface area contributed by atoms with Crippen molar-refractivity contribution in [2.75, 3.05) is 20.3 Å². The number of rotatable bonds is 4. The summed E-state index contributed by atoms with van der Waals surface area (Å²) in [7, 11) is 1.46. The van der Waals surface area contributed by atoms with E-state index in [2.05, 4.69) is 4.98 Å². The van der Waals surface area contributed by atoms with Crippen molar-refractivity contribution in [1.29, 1.82) is 0 Å². The summed E-state index contributed by atoms with van der Waals surface area (Å²) < 4.78 is 78.1. The maximum absolute atomic E-state index is 14.1. The van der Waals surface area contributed by atoms with Crippen LogP contribution in [0.15, 0.2) is 48.7 Å². The molecule has 0 saturated heterocycles. The van der Waals surface area contributed by atoms with Gasteiger partial charge in [0.15, 0.2) is 11.5 Å². The van der Waals surface area contributed by atoms with Gasteiger partial charge in [-0.05, 0) is 36.4 Å². The van der Waals surface area contributed by atoms with Crippen LogP contribution in [-0.4, -0.2) is 30.1 Å². The van der Waals surface area contributed by atoms with Gasteiger partial charge in [0.25, 0.3) is 0 Å². The molecule has 0 spiro atoms. The van der Waals surface area contributed by atoms with Crippen LogP contribution in [0.4, 0.5) is 22.0 Å². The van der Waals surface area contributed by atoms with Crippen molar-refractivity contribution in [2.24, 2.45) is 0 Å². The largest absolute Gasteiger partial charge is 0.493 e. The first-order chi connectivity index (χ1) is 15.3. The number of aromatic nitrogens is 1. The lowest BCUT2D eigenvalue weighted by Gasteiger charge is -2.20. The lowest BCUT2D eigenvalue weighted by Crippen LogP contribution is -2.26. The molecule has 9 heteroatoms. The Morgan fingerprint density at radius 1 is 1.09 bits per heavy atom. The number of fused-ring (bicyclic) bond motifs is 1. The van der Waals surface area contributed by atoms with Gasteiger partial charge in [-0.2, -0.15) is 13.2 Å². The number of nitrogens with zero attached hydrogens (tertiary/aromatic N) is 2. The molecule has 0 radical (unpaired) electrons. The molecule has 0 saturated carbocycles. The number of pyridine rings is 1. The SMILES string of the molecule is COc1cc(-c2ccc(C(F)(F)F)cn2)cc2c1OCCN(Cc1c(F)cccc1F)C2. The molecule has 168 valence electrons. The number of methoxy groups -OCH3 is 1. The highest BCUT2D eigenvalue weighted by Gasteiger charge is 2.31. The number of benzene rings is 2. The highest BCUT2D eigenvalue weighted by atomic mass is 19.4. The van der Waals surface area contributed by atoms with Crippen LogP contribution in [0.25, 0.3) is 11.3 Å². The first-order valence-electron chi connectivity index (χ1n) is 9.79. The second kappa shape index (κ2) is 8.74. The van der Waals surface area contributed by atoms with E-state index in [1.54, 1.807) is 12.1 Å². The van der Waals surface area contributed by atoms with Crippen molar-refractivity contribution in [3.05, 3.63) is 77.0 Å². The van der Waals surface area contributed by atoms with Gasteiger partial charge in [0.05, 0.1) is 18.4 Å². The van der Waals surface area contributed by atoms with Gasteiger partial charge < -0.3 is 9.47 Å². The summed E-state index contributed by atoms with van der Waals surface area (Å²) in [4.78, 5) is 5.77. The molecule has 0 aliphatic carbocycles. The highest BCUT2D eigenvalue weighted by molar-refractivity contribution is 5.66. The summed E-state index contributed by atoms with van der Waals surface area (Å²) in [6.45, 7) is 1.02. The molecule has 0 atom stereocenters. The molecule has 2 aromatic carbocycles. The zero-order valence-corrected chi connectivity index (χ0v) is 17.0. The summed E-state index contributed by atoms with van der Waals surface area (Å²) in [6, 6.07) is 9.35. The predicted molar refractivity (Wildman–Crippen MR) is 107 cm³/mol. The van der Waals surface area contributed by atoms with Crippen molar-refractivity contribution in [1.82, 2.24) is 9.88 Å². The van der Waals surface area contributed by atoms with Crippen LogP contribution in [0.5, 0.6) is 11.5 Å². The Morgan fingerprint density at radius 2 is 1.84 bits per heavy atom. The summed E-state index contributed by atoms with van der Waals surface area (Å²) in [5, 5.41) is 0. The summed E-state index contributed by atoms with van der Waals surface area (Å²) >= 11 is 0. The quantitative estimate of drug-likeness (QED) is 0.496. The van der Waals surface area contributed by atoms with Crippen LogP contribution in [0.3, 0.4) is 0 Å². The molecule has 0 fully saturated rings. The third kappa shape index (κ3) is 4.52. The topological polar surface area (TPSA) is 34.6 Å². The molecule has 4 rings (SSSR count). The Morgan fingerprint density at radius 3 is 2.47 bits per heavy atom. The third-order valence-corrected chi connectivity index (χ3v) is 5.23. The van der Waals surface area contributed by atoms with Crippen molar-refractivity contribution in [3.8, 4) is 22.8 Å². The van der Waals surface area contributed by atoms with E-state index in [9.17, 15) is 22.0 Å². The predicted octanol–water partition coefficient (Wildman–Crippen LogP) is 5.45. The average Bonchev–Trinajstić information content (AvgIpc) is 2.97. The number of hydrogen-bond acceptors (Lipinski definition) is 4. The van der Waals surface area contributed by atoms with Gasteiger partial charge in [0, 0.05) is 42.5 Å². The van der Waals surface area contributed by atoms with Crippen LogP contribution in [0.2, 0.25) is 0 Å². The van der Waals surface area contributed by atoms with Crippen molar-refractivity contribution >= 4 is 0 Å². The second-order valence-corrected chi connectivity index (χ2v) is 7.36. The second-order valence-electron chi connectivity index (χ2n) is 7.36. The summed E-state index contributed by atoms with van der Waals surface area (Å²) in [6.07, 6.45) is -3.70. The van der Waals surface area contributed by atoms with E-state index in [4.69, 9.17) is 9.47 Å². The molecule has 4 nitrogen and oxygen atoms in total. The molecule has 1 aliphatic rings. The first-order valence-corrected chi connectivity index (χ1v) is 9.79. The van der Waals surface area contributed by atoms with E-state index < -0.39 is 23.4 Å². The molecular formula is C23H19F5N2O2. The first kappa shape index (κ1) is 22.0. The van der Waals surface area contributed by atoms with Gasteiger partial charge in [-0.1, -0.05) is 6.07 Å². The van der Waals surface area contributed by atoms with Gasteiger partial charge in [0.2, 0.25) is 0 Å². The fourth-order valence-electron chi connectivity index (χ4n) is 3.61. The Kier molecular flexibility index (Phi) is 6.01. The standard InChI is InChI=1S/C23H19F5N2O2/c1-31-21-10-14(20-6-5-16(11-29-20)23(26,27)28)9-15-12-30(7-8-32-22(15)21)13-17-18(24)3-2-4-19(17)25/h2-6,9-11H,7-8,12-13H2,1H3. The molecule has 1 aromatic heterocycles. The van der Waals surface area contributed by atoms with E-state index in [1.165, 1.54) is 31.4 Å². The number of halogens is 5. The fraction of sp³-hybridized carbons (Fsp3) is 0.261. The zero-order valence-electron chi connectivity index (χ0n) is 17.0. The van der Waals surface area contributed by atoms with E-state index in [0.717, 1.165) is 12.3 Å². The zero-order chi connectivity index (χ0) is 22.9. The van der Waals surface area contributed by atoms with Crippen LogP contribution in [-0.2, 0) is 19.3 Å². The molecule has 32 heavy (non-hydrogen) atoms. The van der Waals surface area contributed by atoms with Crippen molar-refractivity contribution in [2.45, 2.75) is 19.3 Å². The maximum Gasteiger partial charge on any atom is 0.417 e. The molecule has 0 amide bonds. The Balaban J connectivity index is 1.67. The Labute approximate surface area is 181 Å². The minimum absolute atomic E-state index is 0.0341. The number of hydrogen-bond donors (Lipinski definition) is 0. The van der Waals surface area contributed by atoms with Crippen LogP contribution < -0.4 is 9.47 Å². The maximum atomic E-state index is 14.1. The lowest BCUT2D eigenvalue weighted by molar-refractivity contribution is -0.137. The Hall–Kier alpha value is -3.20. The molecule has 2 heterocycles. The van der Waals surface area contributed by atoms with Crippen LogP contribution >= 0.6 is 0 Å². The van der Waals surface area contributed by atoms with Gasteiger partial charge in [-0.3, -0.25) is 9.88 Å². The number of ether oxygens (including phenoxy) is 2. The molecule has 0 bridgehead atoms. The number of alkyl halides is 3. The van der Waals surface area contributed by atoms with E-state index in [1.807, 2.05) is 4.90 Å².